The maximum Gasteiger partial charge on any atom is 0.118 e. The molecule has 0 N–H and O–H groups in total. The van der Waals surface area contributed by atoms with E-state index in [2.05, 4.69) is 0 Å². The Bertz CT molecular complexity index is 155. The molecule has 0 spiro atoms. The first-order chi connectivity index (χ1) is 3.93. The fourth-order valence-corrected chi connectivity index (χ4v) is 0.557. The predicted octanol–water partition coefficient (Wildman–Crippen LogP) is 1.31. The van der Waals surface area contributed by atoms with E-state index < -0.39 is 0 Å². The summed E-state index contributed by atoms with van der Waals surface area (Å²) < 4.78 is 4.91. The van der Waals surface area contributed by atoms with Crippen LogP contribution >= 0.6 is 0 Å². The SMILES string of the molecule is COc1ccccc1.[Cu].[Li]. The number of para-hydroxylation sites is 1. The topological polar surface area (TPSA) is 9.23 Å². The van der Waals surface area contributed by atoms with Crippen LogP contribution in [-0.4, -0.2) is 26.0 Å². The molecular formula is C7H8CuLiO. The molecule has 0 saturated heterocycles. The molecule has 54 valence electrons. The molecule has 1 nitrogen and oxygen atoms in total. The minimum atomic E-state index is 0. The van der Waals surface area contributed by atoms with E-state index in [1.807, 2.05) is 30.3 Å². The standard InChI is InChI=1S/C7H8O.Cu.Li/c1-8-7-5-3-2-4-6-7;;/h2-6H,1H3;;. The zero-order valence-corrected chi connectivity index (χ0v) is 7.04. The van der Waals surface area contributed by atoms with Crippen LogP contribution in [-0.2, 0) is 17.1 Å². The molecule has 0 bridgehead atoms. The van der Waals surface area contributed by atoms with Crippen molar-refractivity contribution in [2.75, 3.05) is 7.11 Å². The Morgan fingerprint density at radius 3 is 1.90 bits per heavy atom. The Kier molecular flexibility index (Phi) is 9.26. The van der Waals surface area contributed by atoms with Crippen LogP contribution in [0, 0.1) is 0 Å². The van der Waals surface area contributed by atoms with Crippen molar-refractivity contribution >= 4 is 18.9 Å². The van der Waals surface area contributed by atoms with Crippen LogP contribution in [0.25, 0.3) is 0 Å². The van der Waals surface area contributed by atoms with E-state index >= 15 is 0 Å². The van der Waals surface area contributed by atoms with Gasteiger partial charge in [-0.2, -0.15) is 0 Å². The second kappa shape index (κ2) is 7.25. The Morgan fingerprint density at radius 2 is 1.60 bits per heavy atom. The molecule has 0 atom stereocenters. The Labute approximate surface area is 83.8 Å². The molecule has 0 aromatic heterocycles. The fourth-order valence-electron chi connectivity index (χ4n) is 0.557. The van der Waals surface area contributed by atoms with Crippen LogP contribution in [0.5, 0.6) is 5.75 Å². The summed E-state index contributed by atoms with van der Waals surface area (Å²) in [6, 6.07) is 9.68. The third-order valence-corrected chi connectivity index (χ3v) is 0.979. The minimum Gasteiger partial charge on any atom is -0.497 e. The number of hydrogen-bond donors (Lipinski definition) is 0. The number of rotatable bonds is 1. The molecule has 0 aliphatic heterocycles. The largest absolute Gasteiger partial charge is 0.497 e. The van der Waals surface area contributed by atoms with Crippen LogP contribution < -0.4 is 4.74 Å². The van der Waals surface area contributed by atoms with Gasteiger partial charge in [0.2, 0.25) is 0 Å². The van der Waals surface area contributed by atoms with Crippen LogP contribution in [0.15, 0.2) is 30.3 Å². The molecule has 3 heteroatoms. The number of hydrogen-bond acceptors (Lipinski definition) is 1. The third kappa shape index (κ3) is 4.03. The summed E-state index contributed by atoms with van der Waals surface area (Å²) in [5.41, 5.74) is 0. The molecular weight excluding hydrogens is 171 g/mol. The predicted molar refractivity (Wildman–Crippen MR) is 38.7 cm³/mol. The smallest absolute Gasteiger partial charge is 0.118 e. The maximum atomic E-state index is 4.91. The first kappa shape index (κ1) is 12.8. The average molecular weight is 179 g/mol. The molecule has 0 saturated carbocycles. The van der Waals surface area contributed by atoms with Crippen molar-refractivity contribution in [2.45, 2.75) is 0 Å². The van der Waals surface area contributed by atoms with Gasteiger partial charge in [0.15, 0.2) is 0 Å². The summed E-state index contributed by atoms with van der Waals surface area (Å²) in [7, 11) is 1.66. The summed E-state index contributed by atoms with van der Waals surface area (Å²) >= 11 is 0. The van der Waals surface area contributed by atoms with Gasteiger partial charge in [0.05, 0.1) is 7.11 Å². The second-order valence-electron chi connectivity index (χ2n) is 1.52. The van der Waals surface area contributed by atoms with E-state index in [1.165, 1.54) is 0 Å². The average Bonchev–Trinajstić information content (AvgIpc) is 1.90. The van der Waals surface area contributed by atoms with Gasteiger partial charge < -0.3 is 4.74 Å². The van der Waals surface area contributed by atoms with Crippen molar-refractivity contribution in [1.29, 1.82) is 0 Å². The van der Waals surface area contributed by atoms with Crippen molar-refractivity contribution in [3.05, 3.63) is 30.3 Å². The molecule has 2 radical (unpaired) electrons. The first-order valence-corrected chi connectivity index (χ1v) is 2.52. The van der Waals surface area contributed by atoms with Crippen molar-refractivity contribution in [1.82, 2.24) is 0 Å². The monoisotopic (exact) mass is 178 g/mol. The van der Waals surface area contributed by atoms with Gasteiger partial charge >= 0.3 is 0 Å². The third-order valence-electron chi connectivity index (χ3n) is 0.979. The quantitative estimate of drug-likeness (QED) is 0.590. The van der Waals surface area contributed by atoms with Crippen LogP contribution in [0.1, 0.15) is 0 Å². The normalized spacial score (nSPS) is 6.90. The fraction of sp³-hybridized carbons (Fsp3) is 0.143. The molecule has 10 heavy (non-hydrogen) atoms. The molecule has 1 aromatic rings. The van der Waals surface area contributed by atoms with Crippen LogP contribution in [0.3, 0.4) is 0 Å². The molecule has 0 heterocycles. The number of ether oxygens (including phenoxy) is 1. The number of methoxy groups -OCH3 is 1. The van der Waals surface area contributed by atoms with Gasteiger partial charge in [0, 0.05) is 35.9 Å². The van der Waals surface area contributed by atoms with Crippen molar-refractivity contribution in [3.63, 3.8) is 0 Å². The van der Waals surface area contributed by atoms with Gasteiger partial charge in [0.1, 0.15) is 5.75 Å². The summed E-state index contributed by atoms with van der Waals surface area (Å²) in [6.45, 7) is 0. The van der Waals surface area contributed by atoms with E-state index in [0.717, 1.165) is 5.75 Å². The van der Waals surface area contributed by atoms with Crippen LogP contribution in [0.4, 0.5) is 0 Å². The van der Waals surface area contributed by atoms with Gasteiger partial charge in [-0.05, 0) is 12.1 Å². The van der Waals surface area contributed by atoms with Crippen molar-refractivity contribution in [3.8, 4) is 5.75 Å². The van der Waals surface area contributed by atoms with Crippen molar-refractivity contribution < 1.29 is 21.8 Å². The maximum absolute atomic E-state index is 4.91. The molecule has 0 aliphatic rings. The van der Waals surface area contributed by atoms with Gasteiger partial charge in [-0.1, -0.05) is 18.2 Å². The Hall–Kier alpha value is 0.137. The molecule has 0 aliphatic carbocycles. The number of benzene rings is 1. The molecule has 0 unspecified atom stereocenters. The van der Waals surface area contributed by atoms with Crippen molar-refractivity contribution in [2.24, 2.45) is 0 Å². The van der Waals surface area contributed by atoms with E-state index in [9.17, 15) is 0 Å². The van der Waals surface area contributed by atoms with Gasteiger partial charge in [-0.25, -0.2) is 0 Å². The minimum absolute atomic E-state index is 0. The molecule has 0 amide bonds. The molecule has 1 aromatic carbocycles. The van der Waals surface area contributed by atoms with Gasteiger partial charge in [0.25, 0.3) is 0 Å². The summed E-state index contributed by atoms with van der Waals surface area (Å²) in [5, 5.41) is 0. The first-order valence-electron chi connectivity index (χ1n) is 2.52. The summed E-state index contributed by atoms with van der Waals surface area (Å²) in [4.78, 5) is 0. The zero-order chi connectivity index (χ0) is 5.82. The molecule has 1 rings (SSSR count). The molecule has 0 fully saturated rings. The van der Waals surface area contributed by atoms with E-state index in [4.69, 9.17) is 4.74 Å². The van der Waals surface area contributed by atoms with Gasteiger partial charge in [-0.15, -0.1) is 0 Å². The second-order valence-corrected chi connectivity index (χ2v) is 1.52. The Balaban J connectivity index is 0. The van der Waals surface area contributed by atoms with Crippen LogP contribution in [0.2, 0.25) is 0 Å². The summed E-state index contributed by atoms with van der Waals surface area (Å²) in [5.74, 6) is 0.910. The summed E-state index contributed by atoms with van der Waals surface area (Å²) in [6.07, 6.45) is 0. The van der Waals surface area contributed by atoms with E-state index in [0.29, 0.717) is 0 Å². The zero-order valence-electron chi connectivity index (χ0n) is 6.10. The van der Waals surface area contributed by atoms with E-state index in [-0.39, 0.29) is 35.9 Å². The van der Waals surface area contributed by atoms with E-state index in [1.54, 1.807) is 7.11 Å². The van der Waals surface area contributed by atoms with Gasteiger partial charge in [-0.3, -0.25) is 0 Å². The Morgan fingerprint density at radius 1 is 1.10 bits per heavy atom.